The Kier molecular flexibility index (Phi) is 4.18. The summed E-state index contributed by atoms with van der Waals surface area (Å²) in [6.45, 7) is 0. The van der Waals surface area contributed by atoms with Crippen LogP contribution in [0, 0.1) is 11.6 Å². The average Bonchev–Trinajstić information content (AvgIpc) is 2.87. The molecule has 0 aliphatic rings. The molecule has 0 spiro atoms. The van der Waals surface area contributed by atoms with Crippen molar-refractivity contribution in [3.63, 3.8) is 0 Å². The Morgan fingerprint density at radius 2 is 2.04 bits per heavy atom. The predicted octanol–water partition coefficient (Wildman–Crippen LogP) is 4.30. The molecule has 0 saturated heterocycles. The maximum absolute atomic E-state index is 14.8. The molecule has 0 aliphatic carbocycles. The smallest absolute Gasteiger partial charge is 0.194 e. The lowest BCUT2D eigenvalue weighted by atomic mass is 10.2. The van der Waals surface area contributed by atoms with Gasteiger partial charge in [-0.25, -0.2) is 13.8 Å². The number of benzene rings is 2. The number of nitrogens with zero attached hydrogens (tertiary/aromatic N) is 2. The van der Waals surface area contributed by atoms with Crippen LogP contribution in [-0.2, 0) is 11.9 Å². The quantitative estimate of drug-likeness (QED) is 0.539. The summed E-state index contributed by atoms with van der Waals surface area (Å²) in [4.78, 5) is 13.7. The van der Waals surface area contributed by atoms with Gasteiger partial charge < -0.3 is 14.8 Å². The molecular formula is C15H12BrF2N3O2. The van der Waals surface area contributed by atoms with Gasteiger partial charge in [-0.3, -0.25) is 0 Å². The molecule has 5 nitrogen and oxygen atoms in total. The minimum atomic E-state index is -0.655. The van der Waals surface area contributed by atoms with Crippen molar-refractivity contribution in [2.24, 2.45) is 7.05 Å². The molecule has 0 unspecified atom stereocenters. The van der Waals surface area contributed by atoms with E-state index in [1.54, 1.807) is 23.7 Å². The Balaban J connectivity index is 2.14. The SMILES string of the molecule is COOc1cc2c(ncn2C)c(F)c1Nc1ccc(Br)cc1F. The Hall–Kier alpha value is -2.19. The topological polar surface area (TPSA) is 48.3 Å². The molecule has 3 rings (SSSR count). The number of imidazole rings is 1. The van der Waals surface area contributed by atoms with E-state index in [4.69, 9.17) is 4.89 Å². The Morgan fingerprint density at radius 1 is 1.26 bits per heavy atom. The highest BCUT2D eigenvalue weighted by Crippen LogP contribution is 2.36. The summed E-state index contributed by atoms with van der Waals surface area (Å²) in [5.41, 5.74) is 0.718. The largest absolute Gasteiger partial charge is 0.348 e. The Labute approximate surface area is 138 Å². The first kappa shape index (κ1) is 15.7. The van der Waals surface area contributed by atoms with Gasteiger partial charge in [0.1, 0.15) is 17.0 Å². The molecule has 3 aromatic rings. The van der Waals surface area contributed by atoms with Crippen molar-refractivity contribution in [2.75, 3.05) is 12.4 Å². The van der Waals surface area contributed by atoms with Gasteiger partial charge in [0.2, 0.25) is 0 Å². The predicted molar refractivity (Wildman–Crippen MR) is 85.7 cm³/mol. The fraction of sp³-hybridized carbons (Fsp3) is 0.133. The number of halogens is 3. The first-order valence-corrected chi connectivity index (χ1v) is 7.37. The summed E-state index contributed by atoms with van der Waals surface area (Å²) >= 11 is 3.17. The van der Waals surface area contributed by atoms with Gasteiger partial charge in [0, 0.05) is 17.6 Å². The molecule has 0 bridgehead atoms. The van der Waals surface area contributed by atoms with E-state index in [0.29, 0.717) is 9.99 Å². The van der Waals surface area contributed by atoms with Gasteiger partial charge >= 0.3 is 0 Å². The van der Waals surface area contributed by atoms with Gasteiger partial charge in [-0.05, 0) is 18.2 Å². The third-order valence-corrected chi connectivity index (χ3v) is 3.78. The van der Waals surface area contributed by atoms with Gasteiger partial charge in [-0.1, -0.05) is 15.9 Å². The van der Waals surface area contributed by atoms with Crippen LogP contribution in [0.4, 0.5) is 20.2 Å². The second-order valence-electron chi connectivity index (χ2n) is 4.79. The maximum atomic E-state index is 14.8. The zero-order valence-electron chi connectivity index (χ0n) is 12.2. The molecule has 0 atom stereocenters. The first-order chi connectivity index (χ1) is 11.0. The van der Waals surface area contributed by atoms with Crippen molar-refractivity contribution in [1.82, 2.24) is 9.55 Å². The molecule has 0 saturated carbocycles. The molecule has 0 radical (unpaired) electrons. The lowest BCUT2D eigenvalue weighted by Crippen LogP contribution is -2.02. The van der Waals surface area contributed by atoms with Gasteiger partial charge in [0.15, 0.2) is 11.6 Å². The van der Waals surface area contributed by atoms with Crippen molar-refractivity contribution >= 4 is 38.3 Å². The molecule has 0 aliphatic heterocycles. The second-order valence-corrected chi connectivity index (χ2v) is 5.70. The molecule has 2 aromatic carbocycles. The van der Waals surface area contributed by atoms with Crippen LogP contribution < -0.4 is 10.2 Å². The first-order valence-electron chi connectivity index (χ1n) is 6.57. The highest BCUT2D eigenvalue weighted by Gasteiger charge is 2.19. The number of fused-ring (bicyclic) bond motifs is 1. The van der Waals surface area contributed by atoms with E-state index in [2.05, 4.69) is 31.1 Å². The van der Waals surface area contributed by atoms with Gasteiger partial charge in [0.25, 0.3) is 0 Å². The minimum Gasteiger partial charge on any atom is -0.348 e. The van der Waals surface area contributed by atoms with Gasteiger partial charge in [-0.2, -0.15) is 4.89 Å². The molecular weight excluding hydrogens is 372 g/mol. The number of anilines is 2. The van der Waals surface area contributed by atoms with E-state index in [-0.39, 0.29) is 22.6 Å². The van der Waals surface area contributed by atoms with E-state index < -0.39 is 11.6 Å². The van der Waals surface area contributed by atoms with Crippen LogP contribution in [0.5, 0.6) is 5.75 Å². The number of aromatic nitrogens is 2. The van der Waals surface area contributed by atoms with Crippen LogP contribution in [0.3, 0.4) is 0 Å². The average molecular weight is 384 g/mol. The summed E-state index contributed by atoms with van der Waals surface area (Å²) in [5.74, 6) is -1.11. The fourth-order valence-corrected chi connectivity index (χ4v) is 2.53. The van der Waals surface area contributed by atoms with Crippen molar-refractivity contribution < 1.29 is 18.6 Å². The molecule has 1 heterocycles. The van der Waals surface area contributed by atoms with Crippen LogP contribution in [0.1, 0.15) is 0 Å². The number of hydrogen-bond acceptors (Lipinski definition) is 4. The van der Waals surface area contributed by atoms with E-state index in [0.717, 1.165) is 0 Å². The van der Waals surface area contributed by atoms with Crippen LogP contribution in [0.25, 0.3) is 11.0 Å². The third-order valence-electron chi connectivity index (χ3n) is 3.29. The van der Waals surface area contributed by atoms with Gasteiger partial charge in [0.05, 0.1) is 24.6 Å². The summed E-state index contributed by atoms with van der Waals surface area (Å²) in [6, 6.07) is 5.96. The van der Waals surface area contributed by atoms with Crippen LogP contribution in [-0.4, -0.2) is 16.7 Å². The van der Waals surface area contributed by atoms with Crippen molar-refractivity contribution in [1.29, 1.82) is 0 Å². The van der Waals surface area contributed by atoms with E-state index in [1.165, 1.54) is 25.6 Å². The molecule has 1 N–H and O–H groups in total. The van der Waals surface area contributed by atoms with E-state index in [9.17, 15) is 8.78 Å². The minimum absolute atomic E-state index is 0.0562. The Bertz CT molecular complexity index is 883. The highest BCUT2D eigenvalue weighted by atomic mass is 79.9. The normalized spacial score (nSPS) is 11.0. The van der Waals surface area contributed by atoms with Crippen LogP contribution in [0.15, 0.2) is 35.1 Å². The van der Waals surface area contributed by atoms with Crippen LogP contribution >= 0.6 is 15.9 Å². The van der Waals surface area contributed by atoms with E-state index in [1.807, 2.05) is 0 Å². The second kappa shape index (κ2) is 6.13. The van der Waals surface area contributed by atoms with Crippen molar-refractivity contribution in [3.8, 4) is 5.75 Å². The monoisotopic (exact) mass is 383 g/mol. The Morgan fingerprint density at radius 3 is 2.74 bits per heavy atom. The fourth-order valence-electron chi connectivity index (χ4n) is 2.20. The summed E-state index contributed by atoms with van der Waals surface area (Å²) in [7, 11) is 3.03. The molecule has 1 aromatic heterocycles. The summed E-state index contributed by atoms with van der Waals surface area (Å²) in [6.07, 6.45) is 1.48. The lowest BCUT2D eigenvalue weighted by molar-refractivity contribution is -0.177. The zero-order valence-corrected chi connectivity index (χ0v) is 13.8. The molecule has 0 fully saturated rings. The van der Waals surface area contributed by atoms with Gasteiger partial charge in [-0.15, -0.1) is 0 Å². The number of hydrogen-bond donors (Lipinski definition) is 1. The maximum Gasteiger partial charge on any atom is 0.194 e. The standard InChI is InChI=1S/C15H12BrF2N3O2/c1-21-7-19-14-11(21)6-12(23-22-2)15(13(14)18)20-10-4-3-8(16)5-9(10)17/h3-7,20H,1-2H3. The summed E-state index contributed by atoms with van der Waals surface area (Å²) < 4.78 is 31.0. The van der Waals surface area contributed by atoms with Crippen molar-refractivity contribution in [2.45, 2.75) is 0 Å². The van der Waals surface area contributed by atoms with E-state index >= 15 is 0 Å². The molecule has 120 valence electrons. The number of aryl methyl sites for hydroxylation is 1. The van der Waals surface area contributed by atoms with Crippen LogP contribution in [0.2, 0.25) is 0 Å². The molecule has 8 heteroatoms. The third kappa shape index (κ3) is 2.87. The number of nitrogens with one attached hydrogen (secondary N) is 1. The number of rotatable bonds is 4. The highest BCUT2D eigenvalue weighted by molar-refractivity contribution is 9.10. The van der Waals surface area contributed by atoms with Crippen molar-refractivity contribution in [3.05, 3.63) is 46.7 Å². The summed E-state index contributed by atoms with van der Waals surface area (Å²) in [5, 5.41) is 2.70. The molecule has 0 amide bonds. The zero-order chi connectivity index (χ0) is 16.6. The molecule has 23 heavy (non-hydrogen) atoms. The lowest BCUT2D eigenvalue weighted by Gasteiger charge is -2.13.